The lowest BCUT2D eigenvalue weighted by Crippen LogP contribution is -1.99. The first-order valence-corrected chi connectivity index (χ1v) is 9.20. The Balaban J connectivity index is 1.76. The number of hydrogen-bond acceptors (Lipinski definition) is 5. The number of nitrogens with zero attached hydrogens (tertiary/aromatic N) is 2. The molecule has 0 saturated carbocycles. The standard InChI is InChI=1S/C19H19FN2O2S/c1-13(19-21-18(22-24-19)12-25-10-9-23)15-7-8-16(17(20)11-15)14-5-3-2-4-6-14/h2-8,11,13,23H,9-10,12H2,1H3. The second kappa shape index (κ2) is 8.27. The van der Waals surface area contributed by atoms with Gasteiger partial charge in [0.1, 0.15) is 5.82 Å². The van der Waals surface area contributed by atoms with E-state index in [1.807, 2.05) is 43.3 Å². The minimum Gasteiger partial charge on any atom is -0.396 e. The molecule has 0 bridgehead atoms. The van der Waals surface area contributed by atoms with Gasteiger partial charge < -0.3 is 9.63 Å². The van der Waals surface area contributed by atoms with Crippen molar-refractivity contribution < 1.29 is 14.0 Å². The Bertz CT molecular complexity index is 823. The van der Waals surface area contributed by atoms with Crippen LogP contribution in [-0.4, -0.2) is 27.6 Å². The van der Waals surface area contributed by atoms with Gasteiger partial charge >= 0.3 is 0 Å². The van der Waals surface area contributed by atoms with Crippen LogP contribution >= 0.6 is 11.8 Å². The number of aliphatic hydroxyl groups is 1. The summed E-state index contributed by atoms with van der Waals surface area (Å²) < 4.78 is 19.8. The zero-order valence-corrected chi connectivity index (χ0v) is 14.7. The molecule has 0 saturated heterocycles. The minimum absolute atomic E-state index is 0.124. The van der Waals surface area contributed by atoms with Gasteiger partial charge in [-0.15, -0.1) is 0 Å². The summed E-state index contributed by atoms with van der Waals surface area (Å²) in [6.45, 7) is 2.04. The molecule has 4 nitrogen and oxygen atoms in total. The van der Waals surface area contributed by atoms with Gasteiger partial charge in [-0.3, -0.25) is 0 Å². The van der Waals surface area contributed by atoms with Crippen LogP contribution < -0.4 is 0 Å². The van der Waals surface area contributed by atoms with Crippen molar-refractivity contribution in [3.8, 4) is 11.1 Å². The summed E-state index contributed by atoms with van der Waals surface area (Å²) >= 11 is 1.53. The molecule has 0 aliphatic carbocycles. The number of halogens is 1. The number of thioether (sulfide) groups is 1. The van der Waals surface area contributed by atoms with Gasteiger partial charge in [0.05, 0.1) is 18.3 Å². The van der Waals surface area contributed by atoms with Gasteiger partial charge in [0, 0.05) is 11.3 Å². The van der Waals surface area contributed by atoms with E-state index in [4.69, 9.17) is 9.63 Å². The first-order chi connectivity index (χ1) is 12.2. The van der Waals surface area contributed by atoms with Crippen LogP contribution in [0.3, 0.4) is 0 Å². The highest BCUT2D eigenvalue weighted by Crippen LogP contribution is 2.29. The van der Waals surface area contributed by atoms with Crippen molar-refractivity contribution in [2.24, 2.45) is 0 Å². The topological polar surface area (TPSA) is 59.2 Å². The summed E-state index contributed by atoms with van der Waals surface area (Å²) in [7, 11) is 0. The Labute approximate surface area is 150 Å². The van der Waals surface area contributed by atoms with Crippen molar-refractivity contribution >= 4 is 11.8 Å². The average Bonchev–Trinajstić information content (AvgIpc) is 3.11. The lowest BCUT2D eigenvalue weighted by atomic mass is 9.97. The van der Waals surface area contributed by atoms with E-state index in [0.29, 0.717) is 28.8 Å². The molecule has 130 valence electrons. The maximum absolute atomic E-state index is 14.5. The van der Waals surface area contributed by atoms with E-state index in [9.17, 15) is 4.39 Å². The molecule has 0 radical (unpaired) electrons. The predicted octanol–water partition coefficient (Wildman–Crippen LogP) is 4.25. The van der Waals surface area contributed by atoms with Gasteiger partial charge in [0.25, 0.3) is 0 Å². The van der Waals surface area contributed by atoms with Crippen LogP contribution in [0.25, 0.3) is 11.1 Å². The number of rotatable bonds is 7. The fraction of sp³-hybridized carbons (Fsp3) is 0.263. The van der Waals surface area contributed by atoms with Gasteiger partial charge in [-0.25, -0.2) is 4.39 Å². The Morgan fingerprint density at radius 3 is 2.72 bits per heavy atom. The molecule has 0 spiro atoms. The molecular formula is C19H19FN2O2S. The third-order valence-corrected chi connectivity index (χ3v) is 4.83. The molecule has 1 unspecified atom stereocenters. The lowest BCUT2D eigenvalue weighted by Gasteiger charge is -2.10. The SMILES string of the molecule is CC(c1ccc(-c2ccccc2)c(F)c1)c1nc(CSCCO)no1. The maximum atomic E-state index is 14.5. The smallest absolute Gasteiger partial charge is 0.233 e. The quantitative estimate of drug-likeness (QED) is 0.640. The van der Waals surface area contributed by atoms with E-state index in [0.717, 1.165) is 11.1 Å². The van der Waals surface area contributed by atoms with Gasteiger partial charge in [0.15, 0.2) is 5.82 Å². The second-order valence-electron chi connectivity index (χ2n) is 5.65. The fourth-order valence-corrected chi connectivity index (χ4v) is 3.10. The van der Waals surface area contributed by atoms with E-state index >= 15 is 0 Å². The molecule has 0 aliphatic heterocycles. The second-order valence-corrected chi connectivity index (χ2v) is 6.76. The van der Waals surface area contributed by atoms with Crippen molar-refractivity contribution in [3.05, 3.63) is 71.6 Å². The van der Waals surface area contributed by atoms with E-state index < -0.39 is 0 Å². The largest absolute Gasteiger partial charge is 0.396 e. The molecule has 2 aromatic carbocycles. The highest BCUT2D eigenvalue weighted by molar-refractivity contribution is 7.98. The first-order valence-electron chi connectivity index (χ1n) is 8.05. The summed E-state index contributed by atoms with van der Waals surface area (Å²) in [6.07, 6.45) is 0. The van der Waals surface area contributed by atoms with E-state index in [2.05, 4.69) is 10.1 Å². The van der Waals surface area contributed by atoms with Crippen molar-refractivity contribution in [3.63, 3.8) is 0 Å². The van der Waals surface area contributed by atoms with Crippen LogP contribution in [-0.2, 0) is 5.75 Å². The van der Waals surface area contributed by atoms with Crippen LogP contribution in [0, 0.1) is 5.82 Å². The fourth-order valence-electron chi connectivity index (χ4n) is 2.53. The Morgan fingerprint density at radius 1 is 1.20 bits per heavy atom. The van der Waals surface area contributed by atoms with Gasteiger partial charge in [-0.2, -0.15) is 16.7 Å². The molecule has 6 heteroatoms. The van der Waals surface area contributed by atoms with E-state index in [1.165, 1.54) is 17.8 Å². The molecular weight excluding hydrogens is 339 g/mol. The lowest BCUT2D eigenvalue weighted by molar-refractivity contribution is 0.322. The molecule has 1 N–H and O–H groups in total. The Hall–Kier alpha value is -2.18. The van der Waals surface area contributed by atoms with Crippen molar-refractivity contribution in [1.82, 2.24) is 10.1 Å². The van der Waals surface area contributed by atoms with Crippen LogP contribution in [0.2, 0.25) is 0 Å². The Kier molecular flexibility index (Phi) is 5.83. The molecule has 0 amide bonds. The summed E-state index contributed by atoms with van der Waals surface area (Å²) in [5.41, 5.74) is 2.21. The molecule has 3 rings (SSSR count). The molecule has 3 aromatic rings. The van der Waals surface area contributed by atoms with Crippen molar-refractivity contribution in [2.75, 3.05) is 12.4 Å². The molecule has 25 heavy (non-hydrogen) atoms. The number of benzene rings is 2. The summed E-state index contributed by atoms with van der Waals surface area (Å²) in [5, 5.41) is 12.7. The highest BCUT2D eigenvalue weighted by Gasteiger charge is 2.18. The number of aromatic nitrogens is 2. The first kappa shape index (κ1) is 17.6. The molecule has 1 atom stereocenters. The minimum atomic E-state index is -0.270. The molecule has 1 aromatic heterocycles. The predicted molar refractivity (Wildman–Crippen MR) is 96.9 cm³/mol. The summed E-state index contributed by atoms with van der Waals surface area (Å²) in [6, 6.07) is 14.7. The number of hydrogen-bond donors (Lipinski definition) is 1. The number of aliphatic hydroxyl groups excluding tert-OH is 1. The molecule has 1 heterocycles. The maximum Gasteiger partial charge on any atom is 0.233 e. The third kappa shape index (κ3) is 4.27. The van der Waals surface area contributed by atoms with Crippen molar-refractivity contribution in [1.29, 1.82) is 0 Å². The highest BCUT2D eigenvalue weighted by atomic mass is 32.2. The summed E-state index contributed by atoms with van der Waals surface area (Å²) in [4.78, 5) is 4.37. The summed E-state index contributed by atoms with van der Waals surface area (Å²) in [5.74, 6) is 1.80. The van der Waals surface area contributed by atoms with Crippen molar-refractivity contribution in [2.45, 2.75) is 18.6 Å². The van der Waals surface area contributed by atoms with Gasteiger partial charge in [-0.1, -0.05) is 47.6 Å². The van der Waals surface area contributed by atoms with Crippen LogP contribution in [0.4, 0.5) is 4.39 Å². The van der Waals surface area contributed by atoms with E-state index in [1.54, 1.807) is 6.07 Å². The third-order valence-electron chi connectivity index (χ3n) is 3.90. The van der Waals surface area contributed by atoms with Gasteiger partial charge in [-0.05, 0) is 24.1 Å². The normalized spacial score (nSPS) is 12.3. The molecule has 0 fully saturated rings. The monoisotopic (exact) mass is 358 g/mol. The Morgan fingerprint density at radius 2 is 2.00 bits per heavy atom. The van der Waals surface area contributed by atoms with Crippen LogP contribution in [0.15, 0.2) is 53.1 Å². The zero-order valence-electron chi connectivity index (χ0n) is 13.9. The van der Waals surface area contributed by atoms with Crippen LogP contribution in [0.1, 0.15) is 30.1 Å². The van der Waals surface area contributed by atoms with Crippen LogP contribution in [0.5, 0.6) is 0 Å². The average molecular weight is 358 g/mol. The zero-order chi connectivity index (χ0) is 17.6. The molecule has 0 aliphatic rings. The van der Waals surface area contributed by atoms with E-state index in [-0.39, 0.29) is 18.3 Å². The van der Waals surface area contributed by atoms with Gasteiger partial charge in [0.2, 0.25) is 5.89 Å².